The molecule has 0 aromatic rings. The summed E-state index contributed by atoms with van der Waals surface area (Å²) in [5.74, 6) is 3.24. The van der Waals surface area contributed by atoms with Crippen LogP contribution >= 0.6 is 0 Å². The van der Waals surface area contributed by atoms with Crippen LogP contribution in [0.1, 0.15) is 267 Å². The van der Waals surface area contributed by atoms with Crippen LogP contribution in [0.15, 0.2) is 0 Å². The average Bonchev–Trinajstić information content (AvgIpc) is 0.859. The summed E-state index contributed by atoms with van der Waals surface area (Å²) in [6.45, 7) is 107. The minimum absolute atomic E-state index is 0.103. The van der Waals surface area contributed by atoms with Crippen LogP contribution in [0.4, 0.5) is 19.2 Å². The van der Waals surface area contributed by atoms with Crippen molar-refractivity contribution < 1.29 is 43.2 Å². The predicted molar refractivity (Wildman–Crippen MR) is 566 cm³/mol. The third-order valence-electron chi connectivity index (χ3n) is 27.4. The Kier molecular flexibility index (Phi) is 64.3. The van der Waals surface area contributed by atoms with Crippen molar-refractivity contribution in [2.45, 2.75) is 321 Å². The van der Waals surface area contributed by atoms with Crippen LogP contribution in [0.3, 0.4) is 0 Å². The molecule has 0 atom stereocenters. The second kappa shape index (κ2) is 68.3. The number of rotatable bonds is 23. The van der Waals surface area contributed by atoms with Gasteiger partial charge in [-0.15, -0.1) is 0 Å². The largest absolute Gasteiger partial charge is 0.340 e. The summed E-state index contributed by atoms with van der Waals surface area (Å²) in [5.41, 5.74) is 0.103. The average molecular weight is 1930 g/mol. The highest BCUT2D eigenvalue weighted by Gasteiger charge is 2.33. The standard InChI is InChI=1S/C13H27N3O.2C13H26N2O.C12H25N3O.C12H24N2O.C11H23N3O.C11H22N2O.C10H21N3O.C10H20N2O/c1-11(2)10-14(5)13(17)16-8-6-15(7-9-16)12(3)4;1-11(2)14-6-8-15(9-7-14)12(16)10-13(3,4)5;1-11(2)5-6-13(16)15-9-7-14(8-10-15)12(3)4;1-5-13(6-2)12(16)15-9-7-14(8-10-15)11(3)4;1-10(2)9-12(15)14-7-5-13(6-8-14)11(3)4;1-5-12(4)11(15)14-8-6-13(7-9-14)10(2)3;1-4-5-11(14)13-8-6-12(7-9-13)10(2)3;1-9(2)12-5-7-13(8-6-12)10(14)11(3)4;1-4-10(13)12-7-5-11(6-8-12)9(2)3/h11-12H,6-10H2,1-5H3;11H,6-10H2,1-5H3;11-12H,5-10H2,1-4H3;11H,5-10H2,1-4H3;10-11H,5-9H2,1-4H3;10H,5-9H2,1-4H3;10H,4-9H2,1-3H3;9H,5-8H2,1-4H3;9H,4-8H2,1-3H3. The van der Waals surface area contributed by atoms with Crippen LogP contribution in [0.5, 0.6) is 0 Å². The van der Waals surface area contributed by atoms with Crippen molar-refractivity contribution in [1.29, 1.82) is 0 Å². The van der Waals surface area contributed by atoms with Gasteiger partial charge in [-0.3, -0.25) is 68.1 Å². The first-order valence-electron chi connectivity index (χ1n) is 53.7. The second-order valence-corrected chi connectivity index (χ2v) is 43.9. The molecule has 13 amide bonds. The minimum atomic E-state index is 0.103. The molecule has 0 aromatic heterocycles. The quantitative estimate of drug-likeness (QED) is 0.0927. The molecule has 9 saturated heterocycles. The molecule has 136 heavy (non-hydrogen) atoms. The van der Waals surface area contributed by atoms with E-state index in [1.807, 2.05) is 95.7 Å². The monoisotopic (exact) mass is 1930 g/mol. The lowest BCUT2D eigenvalue weighted by atomic mass is 9.91. The van der Waals surface area contributed by atoms with Gasteiger partial charge in [0.25, 0.3) is 0 Å². The number of hydrogen-bond donors (Lipinski definition) is 0. The highest BCUT2D eigenvalue weighted by molar-refractivity contribution is 5.79. The van der Waals surface area contributed by atoms with Crippen LogP contribution in [0, 0.1) is 23.2 Å². The number of piperazine rings is 9. The number of carbonyl (C=O) groups excluding carboxylic acids is 9. The number of amides is 13. The normalized spacial score (nSPS) is 18.7. The van der Waals surface area contributed by atoms with Crippen molar-refractivity contribution in [2.75, 3.05) is 290 Å². The number of carbonyl (C=O) groups is 9. The Morgan fingerprint density at radius 3 is 0.684 bits per heavy atom. The lowest BCUT2D eigenvalue weighted by molar-refractivity contribution is -0.135. The van der Waals surface area contributed by atoms with E-state index in [-0.39, 0.29) is 29.5 Å². The Hall–Kier alpha value is -5.93. The Balaban J connectivity index is 0.000000766. The lowest BCUT2D eigenvalue weighted by Crippen LogP contribution is -2.54. The molecule has 9 heterocycles. The molecule has 9 aliphatic rings. The molecule has 9 aliphatic heterocycles. The topological polar surface area (TPSA) is 225 Å². The molecule has 0 aliphatic carbocycles. The molecular weight excluding hydrogens is 1710 g/mol. The smallest absolute Gasteiger partial charge is 0.320 e. The molecule has 0 unspecified atom stereocenters. The van der Waals surface area contributed by atoms with Crippen molar-refractivity contribution in [2.24, 2.45) is 23.2 Å². The van der Waals surface area contributed by atoms with Crippen LogP contribution in [-0.2, 0) is 24.0 Å². The first kappa shape index (κ1) is 128. The van der Waals surface area contributed by atoms with Crippen molar-refractivity contribution in [3.63, 3.8) is 0 Å². The van der Waals surface area contributed by atoms with Gasteiger partial charge in [-0.2, -0.15) is 0 Å². The molecule has 9 rings (SSSR count). The highest BCUT2D eigenvalue weighted by Crippen LogP contribution is 2.22. The zero-order chi connectivity index (χ0) is 104. The van der Waals surface area contributed by atoms with Gasteiger partial charge in [-0.25, -0.2) is 19.2 Å². The molecule has 31 heteroatoms. The van der Waals surface area contributed by atoms with Crippen LogP contribution in [0.2, 0.25) is 0 Å². The Morgan fingerprint density at radius 1 is 0.243 bits per heavy atom. The molecule has 0 radical (unpaired) electrons. The van der Waals surface area contributed by atoms with Gasteiger partial charge in [0.2, 0.25) is 29.5 Å². The fraction of sp³-hybridized carbons (Fsp3) is 0.914. The van der Waals surface area contributed by atoms with Gasteiger partial charge in [0.05, 0.1) is 0 Å². The molecule has 0 bridgehead atoms. The first-order valence-corrected chi connectivity index (χ1v) is 53.7. The van der Waals surface area contributed by atoms with Gasteiger partial charge >= 0.3 is 24.1 Å². The third kappa shape index (κ3) is 51.1. The predicted octanol–water partition coefficient (Wildman–Crippen LogP) is 12.8. The molecule has 0 saturated carbocycles. The van der Waals surface area contributed by atoms with E-state index < -0.39 is 0 Å². The summed E-state index contributed by atoms with van der Waals surface area (Å²) in [5, 5.41) is 0. The van der Waals surface area contributed by atoms with Gasteiger partial charge in [-0.05, 0) is 181 Å². The molecule has 9 fully saturated rings. The fourth-order valence-electron chi connectivity index (χ4n) is 17.6. The summed E-state index contributed by atoms with van der Waals surface area (Å²) >= 11 is 0. The summed E-state index contributed by atoms with van der Waals surface area (Å²) in [6.07, 6.45) is 5.41. The van der Waals surface area contributed by atoms with E-state index in [1.165, 1.54) is 0 Å². The van der Waals surface area contributed by atoms with E-state index in [0.29, 0.717) is 127 Å². The zero-order valence-corrected chi connectivity index (χ0v) is 94.7. The van der Waals surface area contributed by atoms with E-state index in [0.717, 1.165) is 281 Å². The van der Waals surface area contributed by atoms with Gasteiger partial charge in [-0.1, -0.05) is 76.2 Å². The van der Waals surface area contributed by atoms with E-state index in [4.69, 9.17) is 0 Å². The molecule has 31 nitrogen and oxygen atoms in total. The summed E-state index contributed by atoms with van der Waals surface area (Å²) in [4.78, 5) is 153. The molecule has 0 spiro atoms. The van der Waals surface area contributed by atoms with Gasteiger partial charge in [0, 0.05) is 376 Å². The summed E-state index contributed by atoms with van der Waals surface area (Å²) in [7, 11) is 7.36. The minimum Gasteiger partial charge on any atom is -0.340 e. The fourth-order valence-corrected chi connectivity index (χ4v) is 17.6. The van der Waals surface area contributed by atoms with Crippen molar-refractivity contribution >= 4 is 53.7 Å². The van der Waals surface area contributed by atoms with Gasteiger partial charge in [0.15, 0.2) is 0 Å². The maximum atomic E-state index is 12.1. The number of nitrogens with zero attached hydrogens (tertiary/aromatic N) is 22. The van der Waals surface area contributed by atoms with Crippen LogP contribution in [-0.4, -0.2) is 506 Å². The van der Waals surface area contributed by atoms with E-state index in [2.05, 4.69) is 238 Å². The van der Waals surface area contributed by atoms with Crippen molar-refractivity contribution in [1.82, 2.24) is 108 Å². The second-order valence-electron chi connectivity index (χ2n) is 43.9. The number of hydrogen-bond acceptors (Lipinski definition) is 18. The van der Waals surface area contributed by atoms with Crippen molar-refractivity contribution in [3.05, 3.63) is 0 Å². The van der Waals surface area contributed by atoms with E-state index in [1.54, 1.807) is 23.9 Å². The highest BCUT2D eigenvalue weighted by atomic mass is 16.2. The Bertz CT molecular complexity index is 3210. The molecule has 0 N–H and O–H groups in total. The zero-order valence-electron chi connectivity index (χ0n) is 94.7. The first-order chi connectivity index (χ1) is 63.7. The summed E-state index contributed by atoms with van der Waals surface area (Å²) in [6, 6.07) is 6.06. The number of urea groups is 4. The molecule has 0 aromatic carbocycles. The Labute approximate surface area is 834 Å². The lowest BCUT2D eigenvalue weighted by Gasteiger charge is -2.38. The summed E-state index contributed by atoms with van der Waals surface area (Å²) < 4.78 is 0. The maximum Gasteiger partial charge on any atom is 0.320 e. The third-order valence-corrected chi connectivity index (χ3v) is 27.4. The van der Waals surface area contributed by atoms with Gasteiger partial charge < -0.3 is 63.7 Å². The van der Waals surface area contributed by atoms with Gasteiger partial charge in [0.1, 0.15) is 0 Å². The maximum absolute atomic E-state index is 12.1. The molecule has 798 valence electrons. The van der Waals surface area contributed by atoms with Crippen molar-refractivity contribution in [3.8, 4) is 0 Å². The Morgan fingerprint density at radius 2 is 0.471 bits per heavy atom. The van der Waals surface area contributed by atoms with E-state index in [9.17, 15) is 43.2 Å². The molecular formula is C105H214N22O9. The van der Waals surface area contributed by atoms with E-state index >= 15 is 0 Å². The van der Waals surface area contributed by atoms with Crippen LogP contribution in [0.25, 0.3) is 0 Å². The SMILES string of the molecule is CC(C)CC(=O)N1CCN(C(C)C)CC1.CC(C)CCC(=O)N1CCN(C(C)C)CC1.CC(C)CN(C)C(=O)N1CCN(C(C)C)CC1.CC(C)N1CCN(C(=O)CC(C)(C)C)CC1.CC(C)N1CCN(C(=O)N(C)C)CC1.CCC(=O)N1CCN(C(C)C)CC1.CCCC(=O)N1CCN(C(C)C)CC1.CCN(C)C(=O)N1CCN(C(C)C)CC1.CCN(CC)C(=O)N1CCN(C(C)C)CC1. The van der Waals surface area contributed by atoms with Crippen LogP contribution < -0.4 is 0 Å².